The molecular weight excluding hydrogens is 362 g/mol. The SMILES string of the molecule is Cc1ccc(S(=O)(=O)Nc2ccccc2C(=O)NC2CCCNC2C)cc1. The van der Waals surface area contributed by atoms with E-state index in [1.807, 2.05) is 13.8 Å². The Balaban J connectivity index is 1.81. The number of benzene rings is 2. The zero-order valence-corrected chi connectivity index (χ0v) is 16.3. The quantitative estimate of drug-likeness (QED) is 0.736. The fourth-order valence-corrected chi connectivity index (χ4v) is 4.26. The Morgan fingerprint density at radius 3 is 2.52 bits per heavy atom. The Bertz CT molecular complexity index is 910. The number of hydrogen-bond acceptors (Lipinski definition) is 4. The van der Waals surface area contributed by atoms with Crippen LogP contribution in [0.2, 0.25) is 0 Å². The van der Waals surface area contributed by atoms with E-state index in [1.54, 1.807) is 48.5 Å². The number of hydrogen-bond donors (Lipinski definition) is 3. The third kappa shape index (κ3) is 4.67. The first kappa shape index (κ1) is 19.4. The largest absolute Gasteiger partial charge is 0.348 e. The number of anilines is 1. The van der Waals surface area contributed by atoms with Crippen LogP contribution >= 0.6 is 0 Å². The predicted octanol–water partition coefficient (Wildman–Crippen LogP) is 2.67. The molecule has 1 heterocycles. The van der Waals surface area contributed by atoms with Crippen molar-refractivity contribution in [1.29, 1.82) is 0 Å². The molecule has 6 nitrogen and oxygen atoms in total. The van der Waals surface area contributed by atoms with E-state index in [-0.39, 0.29) is 28.6 Å². The minimum Gasteiger partial charge on any atom is -0.348 e. The molecule has 1 aliphatic heterocycles. The van der Waals surface area contributed by atoms with Crippen LogP contribution in [0.1, 0.15) is 35.7 Å². The summed E-state index contributed by atoms with van der Waals surface area (Å²) >= 11 is 0. The fourth-order valence-electron chi connectivity index (χ4n) is 3.18. The molecule has 1 saturated heterocycles. The molecule has 144 valence electrons. The van der Waals surface area contributed by atoms with Crippen molar-refractivity contribution < 1.29 is 13.2 Å². The Hall–Kier alpha value is -2.38. The molecule has 0 radical (unpaired) electrons. The summed E-state index contributed by atoms with van der Waals surface area (Å²) in [4.78, 5) is 12.9. The van der Waals surface area contributed by atoms with Crippen molar-refractivity contribution in [2.45, 2.75) is 43.7 Å². The Kier molecular flexibility index (Phi) is 5.82. The Morgan fingerprint density at radius 1 is 1.11 bits per heavy atom. The third-order valence-electron chi connectivity index (χ3n) is 4.83. The van der Waals surface area contributed by atoms with Gasteiger partial charge in [-0.25, -0.2) is 8.42 Å². The van der Waals surface area contributed by atoms with Crippen molar-refractivity contribution in [2.24, 2.45) is 0 Å². The highest BCUT2D eigenvalue weighted by atomic mass is 32.2. The van der Waals surface area contributed by atoms with Crippen molar-refractivity contribution in [1.82, 2.24) is 10.6 Å². The zero-order chi connectivity index (χ0) is 19.4. The predicted molar refractivity (Wildman–Crippen MR) is 106 cm³/mol. The molecule has 1 fully saturated rings. The number of piperidine rings is 1. The maximum absolute atomic E-state index is 12.8. The minimum atomic E-state index is -3.77. The highest BCUT2D eigenvalue weighted by Crippen LogP contribution is 2.21. The molecule has 3 N–H and O–H groups in total. The molecule has 0 spiro atoms. The van der Waals surface area contributed by atoms with Crippen molar-refractivity contribution >= 4 is 21.6 Å². The first-order chi connectivity index (χ1) is 12.9. The van der Waals surface area contributed by atoms with E-state index in [0.29, 0.717) is 5.56 Å². The number of aryl methyl sites for hydroxylation is 1. The first-order valence-electron chi connectivity index (χ1n) is 9.09. The number of rotatable bonds is 5. The molecule has 0 saturated carbocycles. The maximum atomic E-state index is 12.8. The third-order valence-corrected chi connectivity index (χ3v) is 6.21. The van der Waals surface area contributed by atoms with E-state index in [9.17, 15) is 13.2 Å². The molecular formula is C20H25N3O3S. The molecule has 27 heavy (non-hydrogen) atoms. The number of carbonyl (C=O) groups excluding carboxylic acids is 1. The van der Waals surface area contributed by atoms with Gasteiger partial charge in [0.05, 0.1) is 16.1 Å². The van der Waals surface area contributed by atoms with Crippen LogP contribution < -0.4 is 15.4 Å². The van der Waals surface area contributed by atoms with Crippen molar-refractivity contribution in [3.05, 3.63) is 59.7 Å². The van der Waals surface area contributed by atoms with E-state index in [2.05, 4.69) is 15.4 Å². The average molecular weight is 388 g/mol. The summed E-state index contributed by atoms with van der Waals surface area (Å²) in [5, 5.41) is 6.36. The molecule has 2 unspecified atom stereocenters. The second-order valence-electron chi connectivity index (χ2n) is 6.93. The van der Waals surface area contributed by atoms with E-state index in [0.717, 1.165) is 24.9 Å². The molecule has 1 amide bonds. The van der Waals surface area contributed by atoms with Gasteiger partial charge in [0.2, 0.25) is 0 Å². The van der Waals surface area contributed by atoms with Gasteiger partial charge in [-0.2, -0.15) is 0 Å². The van der Waals surface area contributed by atoms with Gasteiger partial charge in [0.25, 0.3) is 15.9 Å². The highest BCUT2D eigenvalue weighted by molar-refractivity contribution is 7.92. The van der Waals surface area contributed by atoms with Gasteiger partial charge in [0.1, 0.15) is 0 Å². The summed E-state index contributed by atoms with van der Waals surface area (Å²) in [7, 11) is -3.77. The maximum Gasteiger partial charge on any atom is 0.261 e. The van der Waals surface area contributed by atoms with Gasteiger partial charge in [0, 0.05) is 12.1 Å². The molecule has 0 aliphatic carbocycles. The lowest BCUT2D eigenvalue weighted by molar-refractivity contribution is 0.0921. The van der Waals surface area contributed by atoms with Crippen molar-refractivity contribution in [3.8, 4) is 0 Å². The number of nitrogens with one attached hydrogen (secondary N) is 3. The topological polar surface area (TPSA) is 87.3 Å². The lowest BCUT2D eigenvalue weighted by atomic mass is 9.99. The van der Waals surface area contributed by atoms with Crippen LogP contribution in [-0.4, -0.2) is 33.0 Å². The molecule has 7 heteroatoms. The Morgan fingerprint density at radius 2 is 1.81 bits per heavy atom. The van der Waals surface area contributed by atoms with Crippen LogP contribution in [0.25, 0.3) is 0 Å². The first-order valence-corrected chi connectivity index (χ1v) is 10.6. The van der Waals surface area contributed by atoms with E-state index < -0.39 is 10.0 Å². The van der Waals surface area contributed by atoms with E-state index in [1.165, 1.54) is 0 Å². The number of carbonyl (C=O) groups is 1. The molecule has 0 aromatic heterocycles. The summed E-state index contributed by atoms with van der Waals surface area (Å²) in [5.74, 6) is -0.280. The van der Waals surface area contributed by atoms with E-state index >= 15 is 0 Å². The molecule has 2 aromatic carbocycles. The summed E-state index contributed by atoms with van der Waals surface area (Å²) in [6.07, 6.45) is 1.90. The minimum absolute atomic E-state index is 0.0213. The summed E-state index contributed by atoms with van der Waals surface area (Å²) in [6, 6.07) is 13.4. The van der Waals surface area contributed by atoms with Crippen LogP contribution in [0.15, 0.2) is 53.4 Å². The van der Waals surface area contributed by atoms with Crippen LogP contribution in [0, 0.1) is 6.92 Å². The number of para-hydroxylation sites is 1. The van der Waals surface area contributed by atoms with Crippen LogP contribution in [-0.2, 0) is 10.0 Å². The number of sulfonamides is 1. The molecule has 2 aromatic rings. The second-order valence-corrected chi connectivity index (χ2v) is 8.61. The monoisotopic (exact) mass is 387 g/mol. The van der Waals surface area contributed by atoms with Gasteiger partial charge >= 0.3 is 0 Å². The highest BCUT2D eigenvalue weighted by Gasteiger charge is 2.24. The van der Waals surface area contributed by atoms with Crippen LogP contribution in [0.4, 0.5) is 5.69 Å². The molecule has 3 rings (SSSR count). The van der Waals surface area contributed by atoms with Crippen molar-refractivity contribution in [3.63, 3.8) is 0 Å². The van der Waals surface area contributed by atoms with Gasteiger partial charge in [0.15, 0.2) is 0 Å². The summed E-state index contributed by atoms with van der Waals surface area (Å²) in [5.41, 5.74) is 1.56. The lowest BCUT2D eigenvalue weighted by Crippen LogP contribution is -2.52. The lowest BCUT2D eigenvalue weighted by Gasteiger charge is -2.30. The summed E-state index contributed by atoms with van der Waals surface area (Å²) < 4.78 is 27.9. The Labute approximate surface area is 160 Å². The van der Waals surface area contributed by atoms with Gasteiger partial charge in [-0.3, -0.25) is 9.52 Å². The molecule has 0 bridgehead atoms. The van der Waals surface area contributed by atoms with Crippen LogP contribution in [0.3, 0.4) is 0 Å². The van der Waals surface area contributed by atoms with Crippen LogP contribution in [0.5, 0.6) is 0 Å². The van der Waals surface area contributed by atoms with Gasteiger partial charge < -0.3 is 10.6 Å². The second kappa shape index (κ2) is 8.10. The normalized spacial score (nSPS) is 20.1. The van der Waals surface area contributed by atoms with E-state index in [4.69, 9.17) is 0 Å². The van der Waals surface area contributed by atoms with Gasteiger partial charge in [-0.15, -0.1) is 0 Å². The van der Waals surface area contributed by atoms with Gasteiger partial charge in [-0.05, 0) is 57.5 Å². The standard InChI is InChI=1S/C20H25N3O3S/c1-14-9-11-16(12-10-14)27(25,26)23-19-7-4-3-6-17(19)20(24)22-18-8-5-13-21-15(18)2/h3-4,6-7,9-12,15,18,21,23H,5,8,13H2,1-2H3,(H,22,24). The van der Waals surface area contributed by atoms with Crippen molar-refractivity contribution in [2.75, 3.05) is 11.3 Å². The van der Waals surface area contributed by atoms with Gasteiger partial charge in [-0.1, -0.05) is 29.8 Å². The fraction of sp³-hybridized carbons (Fsp3) is 0.350. The number of amides is 1. The molecule has 2 atom stereocenters. The summed E-state index contributed by atoms with van der Waals surface area (Å²) in [6.45, 7) is 4.88. The smallest absolute Gasteiger partial charge is 0.261 e. The molecule has 1 aliphatic rings. The zero-order valence-electron chi connectivity index (χ0n) is 15.5. The average Bonchev–Trinajstić information content (AvgIpc) is 2.64.